The summed E-state index contributed by atoms with van der Waals surface area (Å²) in [5.74, 6) is 0.751. The number of esters is 1. The van der Waals surface area contributed by atoms with Crippen LogP contribution >= 0.6 is 11.8 Å². The van der Waals surface area contributed by atoms with Gasteiger partial charge < -0.3 is 19.9 Å². The Kier molecular flexibility index (Phi) is 9.88. The molecule has 3 rings (SSSR count). The average Bonchev–Trinajstić information content (AvgIpc) is 3.10. The van der Waals surface area contributed by atoms with Gasteiger partial charge in [-0.15, -0.1) is 11.8 Å². The number of allylic oxidation sites excluding steroid dienone is 1. The van der Waals surface area contributed by atoms with E-state index in [1.54, 1.807) is 6.08 Å². The molecule has 0 aromatic heterocycles. The van der Waals surface area contributed by atoms with Crippen LogP contribution in [0.4, 0.5) is 0 Å². The summed E-state index contributed by atoms with van der Waals surface area (Å²) in [5.41, 5.74) is 1.80. The highest BCUT2D eigenvalue weighted by Crippen LogP contribution is 2.35. The molecular weight excluding hydrogens is 382 g/mol. The Morgan fingerprint density at radius 3 is 2.59 bits per heavy atom. The molecule has 0 aromatic rings. The Hall–Kier alpha value is -1.66. The summed E-state index contributed by atoms with van der Waals surface area (Å²) in [4.78, 5) is 17.3. The predicted molar refractivity (Wildman–Crippen MR) is 123 cm³/mol. The number of ether oxygens (including phenoxy) is 1. The van der Waals surface area contributed by atoms with Crippen LogP contribution < -0.4 is 5.32 Å². The molecule has 0 bridgehead atoms. The highest BCUT2D eigenvalue weighted by atomic mass is 32.2. The maximum atomic E-state index is 11.7. The van der Waals surface area contributed by atoms with E-state index in [0.717, 1.165) is 18.2 Å². The number of nitrogens with one attached hydrogen (secondary N) is 1. The van der Waals surface area contributed by atoms with Gasteiger partial charge in [-0.3, -0.25) is 0 Å². The quantitative estimate of drug-likeness (QED) is 0.634. The Bertz CT molecular complexity index is 663. The van der Waals surface area contributed by atoms with Crippen LogP contribution in [0.25, 0.3) is 0 Å². The number of carbonyl (C=O) groups excluding carboxylic acids is 1. The van der Waals surface area contributed by atoms with Gasteiger partial charge in [0.1, 0.15) is 6.17 Å². The molecule has 0 radical (unpaired) electrons. The summed E-state index contributed by atoms with van der Waals surface area (Å²) < 4.78 is 4.80. The number of fused-ring (bicyclic) bond motifs is 1. The van der Waals surface area contributed by atoms with Crippen molar-refractivity contribution in [2.45, 2.75) is 64.6 Å². The molecule has 2 aliphatic heterocycles. The van der Waals surface area contributed by atoms with Crippen molar-refractivity contribution in [2.24, 2.45) is 0 Å². The van der Waals surface area contributed by atoms with E-state index in [-0.39, 0.29) is 12.1 Å². The first kappa shape index (κ1) is 23.6. The van der Waals surface area contributed by atoms with Crippen LogP contribution in [-0.2, 0) is 9.53 Å². The van der Waals surface area contributed by atoms with Gasteiger partial charge in [0.2, 0.25) is 0 Å². The van der Waals surface area contributed by atoms with Crippen LogP contribution in [-0.4, -0.2) is 54.9 Å². The van der Waals surface area contributed by atoms with Crippen LogP contribution in [0.2, 0.25) is 0 Å². The van der Waals surface area contributed by atoms with Crippen LogP contribution in [0, 0.1) is 0 Å². The predicted octanol–water partition coefficient (Wildman–Crippen LogP) is 4.61. The highest BCUT2D eigenvalue weighted by molar-refractivity contribution is 8.03. The number of hydrogen-bond acceptors (Lipinski definition) is 6. The summed E-state index contributed by atoms with van der Waals surface area (Å²) in [7, 11) is 5.53. The van der Waals surface area contributed by atoms with Gasteiger partial charge in [-0.1, -0.05) is 39.2 Å². The fourth-order valence-corrected chi connectivity index (χ4v) is 4.76. The zero-order chi connectivity index (χ0) is 21.2. The Balaban J connectivity index is 0.000000313. The molecule has 3 aliphatic rings. The van der Waals surface area contributed by atoms with Gasteiger partial charge in [0, 0.05) is 30.4 Å². The second kappa shape index (κ2) is 12.1. The van der Waals surface area contributed by atoms with Gasteiger partial charge in [-0.05, 0) is 44.2 Å². The molecule has 5 nitrogen and oxygen atoms in total. The van der Waals surface area contributed by atoms with E-state index >= 15 is 0 Å². The molecule has 1 saturated carbocycles. The fraction of sp³-hybridized carbons (Fsp3) is 0.609. The summed E-state index contributed by atoms with van der Waals surface area (Å²) in [6, 6.07) is 0.837. The van der Waals surface area contributed by atoms with Crippen molar-refractivity contribution in [3.63, 3.8) is 0 Å². The zero-order valence-electron chi connectivity index (χ0n) is 18.6. The van der Waals surface area contributed by atoms with Crippen LogP contribution in [0.3, 0.4) is 0 Å². The summed E-state index contributed by atoms with van der Waals surface area (Å²) in [6.07, 6.45) is 18.2. The first-order valence-corrected chi connectivity index (χ1v) is 11.7. The van der Waals surface area contributed by atoms with E-state index in [1.165, 1.54) is 49.8 Å². The highest BCUT2D eigenvalue weighted by Gasteiger charge is 2.31. The van der Waals surface area contributed by atoms with E-state index < -0.39 is 0 Å². The normalized spacial score (nSPS) is 21.8. The molecule has 1 unspecified atom stereocenters. The van der Waals surface area contributed by atoms with Gasteiger partial charge in [0.25, 0.3) is 0 Å². The largest absolute Gasteiger partial charge is 0.465 e. The zero-order valence-corrected chi connectivity index (χ0v) is 19.4. The average molecular weight is 420 g/mol. The standard InChI is InChI=1S/C16H22N2O2S.C7H15N/c1-5-7-14(21-6-2)13-11-18-9-8-12(16(19)20-4)10-15(18)17(13)3;1-8-7-5-3-2-4-6-7/h7-11,15H,5-6H2,1-4H3;7-8H,2-6H2,1H3/b14-7-;. The van der Waals surface area contributed by atoms with Crippen molar-refractivity contribution < 1.29 is 9.53 Å². The lowest BCUT2D eigenvalue weighted by Gasteiger charge is -2.30. The molecule has 0 saturated heterocycles. The van der Waals surface area contributed by atoms with Crippen molar-refractivity contribution >= 4 is 17.7 Å². The maximum absolute atomic E-state index is 11.7. The smallest absolute Gasteiger partial charge is 0.337 e. The Labute approximate surface area is 180 Å². The second-order valence-electron chi connectivity index (χ2n) is 7.45. The molecule has 6 heteroatoms. The molecule has 0 amide bonds. The van der Waals surface area contributed by atoms with Gasteiger partial charge in [0.15, 0.2) is 0 Å². The number of methoxy groups -OCH3 is 1. The minimum absolute atomic E-state index is 0.0387. The summed E-state index contributed by atoms with van der Waals surface area (Å²) in [5, 5.41) is 3.30. The minimum atomic E-state index is -0.292. The number of hydrogen-bond donors (Lipinski definition) is 1. The molecule has 162 valence electrons. The third kappa shape index (κ3) is 6.41. The number of likely N-dealkylation sites (N-methyl/N-ethyl adjacent to an activating group) is 1. The first-order valence-electron chi connectivity index (χ1n) is 10.8. The second-order valence-corrected chi connectivity index (χ2v) is 8.75. The summed E-state index contributed by atoms with van der Waals surface area (Å²) in [6.45, 7) is 4.31. The lowest BCUT2D eigenvalue weighted by atomic mass is 9.96. The molecule has 1 fully saturated rings. The molecule has 1 atom stereocenters. The molecule has 29 heavy (non-hydrogen) atoms. The third-order valence-electron chi connectivity index (χ3n) is 5.48. The fourth-order valence-electron chi connectivity index (χ4n) is 3.82. The van der Waals surface area contributed by atoms with Crippen molar-refractivity contribution in [2.75, 3.05) is 27.0 Å². The summed E-state index contributed by atoms with van der Waals surface area (Å²) >= 11 is 1.85. The topological polar surface area (TPSA) is 44.8 Å². The van der Waals surface area contributed by atoms with Crippen molar-refractivity contribution in [1.29, 1.82) is 0 Å². The number of rotatable bonds is 6. The molecule has 2 heterocycles. The van der Waals surface area contributed by atoms with Gasteiger partial charge >= 0.3 is 5.97 Å². The lowest BCUT2D eigenvalue weighted by molar-refractivity contribution is -0.135. The first-order chi connectivity index (χ1) is 14.0. The van der Waals surface area contributed by atoms with E-state index in [9.17, 15) is 4.79 Å². The van der Waals surface area contributed by atoms with Crippen LogP contribution in [0.5, 0.6) is 0 Å². The van der Waals surface area contributed by atoms with E-state index in [2.05, 4.69) is 55.3 Å². The molecule has 0 aromatic carbocycles. The number of nitrogens with zero attached hydrogens (tertiary/aromatic N) is 2. The van der Waals surface area contributed by atoms with Crippen molar-refractivity contribution in [3.8, 4) is 0 Å². The van der Waals surface area contributed by atoms with Gasteiger partial charge in [0.05, 0.1) is 18.4 Å². The molecular formula is C23H37N3O2S. The SMILES string of the molecule is CC/C=C(\SCC)C1=CN2C=CC(C(=O)OC)=CC2N1C.CNC1CCCCC1. The third-order valence-corrected chi connectivity index (χ3v) is 6.46. The Morgan fingerprint density at radius 2 is 2.03 bits per heavy atom. The van der Waals surface area contributed by atoms with Gasteiger partial charge in [-0.2, -0.15) is 0 Å². The number of thioether (sulfide) groups is 1. The van der Waals surface area contributed by atoms with E-state index in [1.807, 2.05) is 24.0 Å². The monoisotopic (exact) mass is 419 g/mol. The van der Waals surface area contributed by atoms with Crippen molar-refractivity contribution in [1.82, 2.24) is 15.1 Å². The molecule has 1 aliphatic carbocycles. The van der Waals surface area contributed by atoms with Crippen molar-refractivity contribution in [3.05, 3.63) is 46.8 Å². The molecule has 0 spiro atoms. The number of carbonyl (C=O) groups is 1. The van der Waals surface area contributed by atoms with Crippen LogP contribution in [0.1, 0.15) is 52.4 Å². The van der Waals surface area contributed by atoms with Crippen LogP contribution in [0.15, 0.2) is 46.8 Å². The van der Waals surface area contributed by atoms with E-state index in [0.29, 0.717) is 5.57 Å². The van der Waals surface area contributed by atoms with Gasteiger partial charge in [-0.25, -0.2) is 4.79 Å². The lowest BCUT2D eigenvalue weighted by Crippen LogP contribution is -2.35. The van der Waals surface area contributed by atoms with E-state index in [4.69, 9.17) is 4.74 Å². The Morgan fingerprint density at radius 1 is 1.31 bits per heavy atom. The minimum Gasteiger partial charge on any atom is -0.465 e. The molecule has 1 N–H and O–H groups in total. The maximum Gasteiger partial charge on any atom is 0.337 e.